The standard InChI is InChI=1S/C15H12FN3O2S2/c1-9-7-10(16)4-5-11(9)17-13(20)8-23-15-19-18-14(21-15)12-3-2-6-22-12/h2-7H,8H2,1H3,(H,17,20). The first kappa shape index (κ1) is 15.7. The highest BCUT2D eigenvalue weighted by atomic mass is 32.2. The quantitative estimate of drug-likeness (QED) is 0.706. The van der Waals surface area contributed by atoms with Gasteiger partial charge in [-0.25, -0.2) is 4.39 Å². The molecule has 0 aliphatic carbocycles. The van der Waals surface area contributed by atoms with Crippen molar-refractivity contribution in [3.8, 4) is 10.8 Å². The van der Waals surface area contributed by atoms with Crippen molar-refractivity contribution in [1.29, 1.82) is 0 Å². The fraction of sp³-hybridized carbons (Fsp3) is 0.133. The van der Waals surface area contributed by atoms with Gasteiger partial charge in [-0.1, -0.05) is 17.8 Å². The lowest BCUT2D eigenvalue weighted by Gasteiger charge is -2.07. The van der Waals surface area contributed by atoms with E-state index >= 15 is 0 Å². The summed E-state index contributed by atoms with van der Waals surface area (Å²) in [6.45, 7) is 1.73. The van der Waals surface area contributed by atoms with E-state index in [4.69, 9.17) is 4.42 Å². The van der Waals surface area contributed by atoms with Crippen molar-refractivity contribution in [2.75, 3.05) is 11.1 Å². The maximum Gasteiger partial charge on any atom is 0.277 e. The fourth-order valence-corrected chi connectivity index (χ4v) is 3.06. The number of benzene rings is 1. The maximum atomic E-state index is 13.0. The number of aromatic nitrogens is 2. The molecule has 0 atom stereocenters. The van der Waals surface area contributed by atoms with Crippen LogP contribution in [0.3, 0.4) is 0 Å². The summed E-state index contributed by atoms with van der Waals surface area (Å²) in [6, 6.07) is 8.00. The largest absolute Gasteiger partial charge is 0.410 e. The summed E-state index contributed by atoms with van der Waals surface area (Å²) < 4.78 is 18.5. The van der Waals surface area contributed by atoms with Gasteiger partial charge in [0, 0.05) is 5.69 Å². The van der Waals surface area contributed by atoms with E-state index in [1.54, 1.807) is 6.92 Å². The van der Waals surface area contributed by atoms with Crippen LogP contribution in [-0.2, 0) is 4.79 Å². The summed E-state index contributed by atoms with van der Waals surface area (Å²) in [6.07, 6.45) is 0. The van der Waals surface area contributed by atoms with E-state index in [0.29, 0.717) is 22.4 Å². The van der Waals surface area contributed by atoms with Gasteiger partial charge < -0.3 is 9.73 Å². The van der Waals surface area contributed by atoms with E-state index in [1.165, 1.54) is 29.5 Å². The van der Waals surface area contributed by atoms with Crippen molar-refractivity contribution < 1.29 is 13.6 Å². The fourth-order valence-electron chi connectivity index (χ4n) is 1.85. The molecule has 5 nitrogen and oxygen atoms in total. The minimum absolute atomic E-state index is 0.128. The molecule has 3 rings (SSSR count). The Morgan fingerprint density at radius 1 is 1.39 bits per heavy atom. The number of aryl methyl sites for hydroxylation is 1. The molecule has 0 spiro atoms. The lowest BCUT2D eigenvalue weighted by molar-refractivity contribution is -0.113. The van der Waals surface area contributed by atoms with E-state index in [-0.39, 0.29) is 17.5 Å². The number of nitrogens with zero attached hydrogens (tertiary/aromatic N) is 2. The number of carbonyl (C=O) groups excluding carboxylic acids is 1. The number of thiophene rings is 1. The summed E-state index contributed by atoms with van der Waals surface area (Å²) in [5.74, 6) is 0.0165. The first-order valence-electron chi connectivity index (χ1n) is 6.68. The average molecular weight is 349 g/mol. The number of rotatable bonds is 5. The van der Waals surface area contributed by atoms with E-state index in [9.17, 15) is 9.18 Å². The second-order valence-electron chi connectivity index (χ2n) is 4.65. The van der Waals surface area contributed by atoms with Gasteiger partial charge in [-0.05, 0) is 42.1 Å². The molecule has 8 heteroatoms. The predicted molar refractivity (Wildman–Crippen MR) is 88.1 cm³/mol. The number of halogens is 1. The first-order valence-corrected chi connectivity index (χ1v) is 8.54. The van der Waals surface area contributed by atoms with Crippen molar-refractivity contribution in [2.24, 2.45) is 0 Å². The summed E-state index contributed by atoms with van der Waals surface area (Å²) in [4.78, 5) is 12.8. The monoisotopic (exact) mass is 349 g/mol. The van der Waals surface area contributed by atoms with Gasteiger partial charge in [0.25, 0.3) is 11.1 Å². The number of anilines is 1. The van der Waals surface area contributed by atoms with Crippen LogP contribution in [-0.4, -0.2) is 21.9 Å². The molecule has 1 N–H and O–H groups in total. The average Bonchev–Trinajstić information content (AvgIpc) is 3.18. The lowest BCUT2D eigenvalue weighted by atomic mass is 10.2. The Balaban J connectivity index is 1.57. The number of amides is 1. The molecular formula is C15H12FN3O2S2. The molecule has 0 aliphatic rings. The van der Waals surface area contributed by atoms with Crippen LogP contribution < -0.4 is 5.32 Å². The smallest absolute Gasteiger partial charge is 0.277 e. The molecule has 0 fully saturated rings. The minimum Gasteiger partial charge on any atom is -0.410 e. The molecule has 23 heavy (non-hydrogen) atoms. The molecule has 0 radical (unpaired) electrons. The molecule has 0 saturated heterocycles. The topological polar surface area (TPSA) is 68.0 Å². The SMILES string of the molecule is Cc1cc(F)ccc1NC(=O)CSc1nnc(-c2cccs2)o1. The molecule has 1 amide bonds. The third kappa shape index (κ3) is 3.96. The van der Waals surface area contributed by atoms with Crippen LogP contribution in [0.15, 0.2) is 45.4 Å². The van der Waals surface area contributed by atoms with Gasteiger partial charge in [0.05, 0.1) is 10.6 Å². The van der Waals surface area contributed by atoms with Gasteiger partial charge in [0.2, 0.25) is 5.91 Å². The molecule has 0 saturated carbocycles. The Morgan fingerprint density at radius 3 is 3.00 bits per heavy atom. The van der Waals surface area contributed by atoms with Crippen LogP contribution in [0.1, 0.15) is 5.56 Å². The van der Waals surface area contributed by atoms with Crippen molar-refractivity contribution in [2.45, 2.75) is 12.1 Å². The first-order chi connectivity index (χ1) is 11.1. The normalized spacial score (nSPS) is 10.7. The third-order valence-electron chi connectivity index (χ3n) is 2.93. The van der Waals surface area contributed by atoms with E-state index in [1.807, 2.05) is 17.5 Å². The number of hydrogen-bond acceptors (Lipinski definition) is 6. The summed E-state index contributed by atoms with van der Waals surface area (Å²) in [5, 5.41) is 12.8. The van der Waals surface area contributed by atoms with Crippen LogP contribution in [0, 0.1) is 12.7 Å². The number of nitrogens with one attached hydrogen (secondary N) is 1. The molecule has 0 aliphatic heterocycles. The Morgan fingerprint density at radius 2 is 2.26 bits per heavy atom. The van der Waals surface area contributed by atoms with Gasteiger partial charge >= 0.3 is 0 Å². The van der Waals surface area contributed by atoms with Gasteiger partial charge in [0.15, 0.2) is 0 Å². The molecule has 2 aromatic heterocycles. The molecular weight excluding hydrogens is 337 g/mol. The van der Waals surface area contributed by atoms with Crippen LogP contribution in [0.4, 0.5) is 10.1 Å². The van der Waals surface area contributed by atoms with Crippen LogP contribution >= 0.6 is 23.1 Å². The van der Waals surface area contributed by atoms with E-state index in [0.717, 1.165) is 16.6 Å². The Kier molecular flexibility index (Phi) is 4.73. The Labute approximate surface area is 139 Å². The van der Waals surface area contributed by atoms with Gasteiger partial charge in [0.1, 0.15) is 5.82 Å². The Hall–Kier alpha value is -2.19. The van der Waals surface area contributed by atoms with Crippen LogP contribution in [0.2, 0.25) is 0 Å². The minimum atomic E-state index is -0.332. The van der Waals surface area contributed by atoms with Gasteiger partial charge in [-0.15, -0.1) is 21.5 Å². The predicted octanol–water partition coefficient (Wildman–Crippen LogP) is 3.98. The van der Waals surface area contributed by atoms with Crippen LogP contribution in [0.25, 0.3) is 10.8 Å². The van der Waals surface area contributed by atoms with Crippen molar-refractivity contribution >= 4 is 34.7 Å². The zero-order valence-electron chi connectivity index (χ0n) is 12.1. The van der Waals surface area contributed by atoms with Crippen molar-refractivity contribution in [3.05, 3.63) is 47.1 Å². The summed E-state index contributed by atoms with van der Waals surface area (Å²) in [5.41, 5.74) is 1.25. The number of hydrogen-bond donors (Lipinski definition) is 1. The second kappa shape index (κ2) is 6.93. The maximum absolute atomic E-state index is 13.0. The van der Waals surface area contributed by atoms with Crippen LogP contribution in [0.5, 0.6) is 0 Å². The highest BCUT2D eigenvalue weighted by Gasteiger charge is 2.12. The van der Waals surface area contributed by atoms with E-state index < -0.39 is 0 Å². The van der Waals surface area contributed by atoms with E-state index in [2.05, 4.69) is 15.5 Å². The summed E-state index contributed by atoms with van der Waals surface area (Å²) >= 11 is 2.66. The number of carbonyl (C=O) groups is 1. The zero-order valence-corrected chi connectivity index (χ0v) is 13.7. The molecule has 118 valence electrons. The molecule has 0 bridgehead atoms. The molecule has 3 aromatic rings. The molecule has 2 heterocycles. The number of thioether (sulfide) groups is 1. The Bertz CT molecular complexity index is 818. The highest BCUT2D eigenvalue weighted by molar-refractivity contribution is 7.99. The van der Waals surface area contributed by atoms with Gasteiger partial charge in [-0.2, -0.15) is 0 Å². The zero-order chi connectivity index (χ0) is 16.2. The van der Waals surface area contributed by atoms with Crippen molar-refractivity contribution in [1.82, 2.24) is 10.2 Å². The highest BCUT2D eigenvalue weighted by Crippen LogP contribution is 2.26. The summed E-state index contributed by atoms with van der Waals surface area (Å²) in [7, 11) is 0. The van der Waals surface area contributed by atoms with Gasteiger partial charge in [-0.3, -0.25) is 4.79 Å². The van der Waals surface area contributed by atoms with Crippen molar-refractivity contribution in [3.63, 3.8) is 0 Å². The molecule has 1 aromatic carbocycles. The second-order valence-corrected chi connectivity index (χ2v) is 6.52. The third-order valence-corrected chi connectivity index (χ3v) is 4.60. The lowest BCUT2D eigenvalue weighted by Crippen LogP contribution is -2.14. The molecule has 0 unspecified atom stereocenters.